The van der Waals surface area contributed by atoms with Gasteiger partial charge in [-0.05, 0) is 30.7 Å². The van der Waals surface area contributed by atoms with E-state index in [0.29, 0.717) is 12.0 Å². The summed E-state index contributed by atoms with van der Waals surface area (Å²) in [6.07, 6.45) is 5.21. The van der Waals surface area contributed by atoms with Crippen LogP contribution in [0.3, 0.4) is 0 Å². The normalized spacial score (nSPS) is 19.9. The highest BCUT2D eigenvalue weighted by atomic mass is 15.3. The van der Waals surface area contributed by atoms with Gasteiger partial charge in [0, 0.05) is 18.3 Å². The van der Waals surface area contributed by atoms with Crippen molar-refractivity contribution in [2.75, 3.05) is 0 Å². The van der Waals surface area contributed by atoms with Crippen molar-refractivity contribution in [1.29, 1.82) is 0 Å². The van der Waals surface area contributed by atoms with Crippen LogP contribution in [0.15, 0.2) is 6.20 Å². The van der Waals surface area contributed by atoms with Gasteiger partial charge in [-0.25, -0.2) is 0 Å². The molecule has 1 aromatic rings. The minimum atomic E-state index is 0. The first-order chi connectivity index (χ1) is 6.66. The highest BCUT2D eigenvalue weighted by molar-refractivity contribution is 5.22. The Kier molecular flexibility index (Phi) is 3.91. The lowest BCUT2D eigenvalue weighted by molar-refractivity contribution is 0.454. The van der Waals surface area contributed by atoms with Crippen molar-refractivity contribution in [3.05, 3.63) is 17.5 Å². The van der Waals surface area contributed by atoms with E-state index in [0.717, 1.165) is 25.8 Å². The highest BCUT2D eigenvalue weighted by Crippen LogP contribution is 2.20. The number of fused-ring (bicyclic) bond motifs is 1. The Morgan fingerprint density at radius 1 is 1.60 bits per heavy atom. The Bertz CT molecular complexity index is 315. The van der Waals surface area contributed by atoms with E-state index in [2.05, 4.69) is 23.6 Å². The van der Waals surface area contributed by atoms with Crippen LogP contribution >= 0.6 is 0 Å². The molecule has 0 amide bonds. The zero-order valence-corrected chi connectivity index (χ0v) is 9.03. The summed E-state index contributed by atoms with van der Waals surface area (Å²) in [5.41, 5.74) is 8.71. The van der Waals surface area contributed by atoms with E-state index >= 15 is 0 Å². The summed E-state index contributed by atoms with van der Waals surface area (Å²) in [6.45, 7) is 5.48. The van der Waals surface area contributed by atoms with E-state index in [1.807, 2.05) is 6.20 Å². The van der Waals surface area contributed by atoms with E-state index in [4.69, 9.17) is 5.73 Å². The first-order valence-corrected chi connectivity index (χ1v) is 5.46. The summed E-state index contributed by atoms with van der Waals surface area (Å²) >= 11 is 0. The summed E-state index contributed by atoms with van der Waals surface area (Å²) in [5, 5.41) is 4.43. The maximum Gasteiger partial charge on any atom is 0.0525 e. The molecule has 0 aliphatic heterocycles. The topological polar surface area (TPSA) is 43.8 Å². The molecule has 0 fully saturated rings. The molecule has 0 spiro atoms. The third-order valence-corrected chi connectivity index (χ3v) is 2.81. The lowest BCUT2D eigenvalue weighted by Crippen LogP contribution is -2.28. The fraction of sp³-hybridized carbons (Fsp3) is 0.750. The van der Waals surface area contributed by atoms with E-state index in [-0.39, 0.29) is 7.43 Å². The van der Waals surface area contributed by atoms with Crippen molar-refractivity contribution in [3.8, 4) is 0 Å². The van der Waals surface area contributed by atoms with Crippen molar-refractivity contribution in [2.24, 2.45) is 11.7 Å². The highest BCUT2D eigenvalue weighted by Gasteiger charge is 2.19. The number of hydrogen-bond acceptors (Lipinski definition) is 2. The van der Waals surface area contributed by atoms with Gasteiger partial charge in [0.25, 0.3) is 0 Å². The number of nitrogens with two attached hydrogens (primary N) is 1. The molecular formula is C12H23N3. The minimum absolute atomic E-state index is 0. The fourth-order valence-electron chi connectivity index (χ4n) is 2.12. The molecule has 2 rings (SSSR count). The van der Waals surface area contributed by atoms with Crippen LogP contribution in [-0.2, 0) is 19.4 Å². The van der Waals surface area contributed by atoms with Gasteiger partial charge in [0.1, 0.15) is 0 Å². The zero-order chi connectivity index (χ0) is 10.1. The Balaban J connectivity index is 0.00000112. The largest absolute Gasteiger partial charge is 0.327 e. The Morgan fingerprint density at radius 2 is 2.33 bits per heavy atom. The molecule has 0 bridgehead atoms. The molecule has 1 heterocycles. The van der Waals surface area contributed by atoms with Gasteiger partial charge >= 0.3 is 0 Å². The van der Waals surface area contributed by atoms with Gasteiger partial charge in [-0.3, -0.25) is 4.68 Å². The van der Waals surface area contributed by atoms with Gasteiger partial charge in [0.2, 0.25) is 0 Å². The van der Waals surface area contributed by atoms with Crippen LogP contribution in [-0.4, -0.2) is 15.8 Å². The first-order valence-electron chi connectivity index (χ1n) is 5.46. The second-order valence-electron chi connectivity index (χ2n) is 4.70. The number of hydrogen-bond donors (Lipinski definition) is 1. The average Bonchev–Trinajstić information content (AvgIpc) is 2.47. The maximum absolute atomic E-state index is 5.92. The van der Waals surface area contributed by atoms with E-state index in [1.165, 1.54) is 11.3 Å². The van der Waals surface area contributed by atoms with Gasteiger partial charge in [0.05, 0.1) is 6.20 Å². The SMILES string of the molecule is C.CC(C)Cn1ncc2c1CCC(N)C2. The van der Waals surface area contributed by atoms with Crippen LogP contribution in [0.1, 0.15) is 39.0 Å². The lowest BCUT2D eigenvalue weighted by Gasteiger charge is -2.19. The first kappa shape index (κ1) is 12.2. The lowest BCUT2D eigenvalue weighted by atomic mass is 9.94. The van der Waals surface area contributed by atoms with Crippen LogP contribution in [0, 0.1) is 5.92 Å². The summed E-state index contributed by atoms with van der Waals surface area (Å²) in [4.78, 5) is 0. The van der Waals surface area contributed by atoms with Crippen LogP contribution in [0.2, 0.25) is 0 Å². The zero-order valence-electron chi connectivity index (χ0n) is 9.03. The summed E-state index contributed by atoms with van der Waals surface area (Å²) < 4.78 is 2.16. The molecule has 0 radical (unpaired) electrons. The van der Waals surface area contributed by atoms with Crippen LogP contribution in [0.5, 0.6) is 0 Å². The maximum atomic E-state index is 5.92. The van der Waals surface area contributed by atoms with Crippen LogP contribution in [0.25, 0.3) is 0 Å². The predicted molar refractivity (Wildman–Crippen MR) is 63.8 cm³/mol. The summed E-state index contributed by atoms with van der Waals surface area (Å²) in [5.74, 6) is 0.662. The van der Waals surface area contributed by atoms with E-state index in [1.54, 1.807) is 0 Å². The third kappa shape index (κ3) is 2.59. The molecule has 1 unspecified atom stereocenters. The number of aromatic nitrogens is 2. The monoisotopic (exact) mass is 209 g/mol. The van der Waals surface area contributed by atoms with Gasteiger partial charge in [-0.1, -0.05) is 21.3 Å². The fourth-order valence-corrected chi connectivity index (χ4v) is 2.12. The van der Waals surface area contributed by atoms with Crippen LogP contribution < -0.4 is 5.73 Å². The van der Waals surface area contributed by atoms with Crippen molar-refractivity contribution < 1.29 is 0 Å². The molecular weight excluding hydrogens is 186 g/mol. The van der Waals surface area contributed by atoms with Gasteiger partial charge in [0.15, 0.2) is 0 Å². The van der Waals surface area contributed by atoms with Crippen LogP contribution in [0.4, 0.5) is 0 Å². The van der Waals surface area contributed by atoms with Crippen molar-refractivity contribution in [3.63, 3.8) is 0 Å². The van der Waals surface area contributed by atoms with E-state index in [9.17, 15) is 0 Å². The smallest absolute Gasteiger partial charge is 0.0525 e. The molecule has 3 heteroatoms. The van der Waals surface area contributed by atoms with Crippen molar-refractivity contribution >= 4 is 0 Å². The molecule has 86 valence electrons. The predicted octanol–water partition coefficient (Wildman–Crippen LogP) is 1.99. The molecule has 15 heavy (non-hydrogen) atoms. The quantitative estimate of drug-likeness (QED) is 0.809. The second kappa shape index (κ2) is 4.79. The second-order valence-corrected chi connectivity index (χ2v) is 4.70. The summed E-state index contributed by atoms with van der Waals surface area (Å²) in [6, 6.07) is 0.346. The van der Waals surface area contributed by atoms with Crippen molar-refractivity contribution in [2.45, 2.75) is 53.1 Å². The number of nitrogens with zero attached hydrogens (tertiary/aromatic N) is 2. The Morgan fingerprint density at radius 3 is 3.00 bits per heavy atom. The molecule has 1 aromatic heterocycles. The third-order valence-electron chi connectivity index (χ3n) is 2.81. The standard InChI is InChI=1S/C11H19N3.CH4/c1-8(2)7-14-11-4-3-10(12)5-9(11)6-13-14;/h6,8,10H,3-5,7,12H2,1-2H3;1H4. The molecule has 3 nitrogen and oxygen atoms in total. The molecule has 0 aromatic carbocycles. The Labute approximate surface area is 92.7 Å². The van der Waals surface area contributed by atoms with Crippen molar-refractivity contribution in [1.82, 2.24) is 9.78 Å². The molecule has 1 aliphatic carbocycles. The molecule has 2 N–H and O–H groups in total. The summed E-state index contributed by atoms with van der Waals surface area (Å²) in [7, 11) is 0. The number of rotatable bonds is 2. The van der Waals surface area contributed by atoms with Gasteiger partial charge < -0.3 is 5.73 Å². The molecule has 0 saturated carbocycles. The average molecular weight is 209 g/mol. The van der Waals surface area contributed by atoms with Gasteiger partial charge in [-0.15, -0.1) is 0 Å². The Hall–Kier alpha value is -0.830. The van der Waals surface area contributed by atoms with Gasteiger partial charge in [-0.2, -0.15) is 5.10 Å². The van der Waals surface area contributed by atoms with E-state index < -0.39 is 0 Å². The molecule has 1 atom stereocenters. The molecule has 0 saturated heterocycles. The minimum Gasteiger partial charge on any atom is -0.327 e. The molecule has 1 aliphatic rings.